The highest BCUT2D eigenvalue weighted by Crippen LogP contribution is 2.30. The minimum Gasteiger partial charge on any atom is -0.494 e. The van der Waals surface area contributed by atoms with Crippen LogP contribution in [-0.2, 0) is 0 Å². The number of hydrogen-bond acceptors (Lipinski definition) is 4. The molecule has 0 radical (unpaired) electrons. The molecule has 0 spiro atoms. The predicted octanol–water partition coefficient (Wildman–Crippen LogP) is 10.5. The van der Waals surface area contributed by atoms with Crippen LogP contribution in [0, 0.1) is 17.2 Å². The minimum absolute atomic E-state index is 0.158. The Morgan fingerprint density at radius 2 is 1.24 bits per heavy atom. The van der Waals surface area contributed by atoms with E-state index in [-0.39, 0.29) is 11.8 Å². The van der Waals surface area contributed by atoms with Crippen molar-refractivity contribution in [2.45, 2.75) is 97.3 Å². The summed E-state index contributed by atoms with van der Waals surface area (Å²) in [5.74, 6) is 1.10. The normalized spacial score (nSPS) is 12.3. The monoisotopic (exact) mass is 553 g/mol. The molecule has 218 valence electrons. The van der Waals surface area contributed by atoms with E-state index in [0.717, 1.165) is 48.3 Å². The lowest BCUT2D eigenvalue weighted by Crippen LogP contribution is -2.10. The molecule has 2 unspecified atom stereocenters. The fourth-order valence-electron chi connectivity index (χ4n) is 5.11. The smallest absolute Gasteiger partial charge is 0.343 e. The first-order valence-corrected chi connectivity index (χ1v) is 15.6. The Kier molecular flexibility index (Phi) is 14.0. The molecule has 0 bridgehead atoms. The number of hydrogen-bond donors (Lipinski definition) is 0. The van der Waals surface area contributed by atoms with Crippen LogP contribution < -0.4 is 9.47 Å². The van der Waals surface area contributed by atoms with Crippen LogP contribution in [-0.4, -0.2) is 12.6 Å². The number of rotatable bonds is 18. The van der Waals surface area contributed by atoms with Gasteiger partial charge in [-0.1, -0.05) is 115 Å². The van der Waals surface area contributed by atoms with Crippen molar-refractivity contribution in [1.29, 1.82) is 5.26 Å². The van der Waals surface area contributed by atoms with Crippen LogP contribution in [0.5, 0.6) is 11.5 Å². The standard InChI is InChI=1S/C37H47NO3/c1-4-6-8-10-11-13-27-40-34-23-19-31(20-24-34)30-15-17-33(18-16-30)37(39)41-35-25-21-32(22-26-35)36(28-38)29(3)14-12-9-7-5-2/h15-26,29,36H,4-14,27H2,1-3H3. The van der Waals surface area contributed by atoms with E-state index in [1.165, 1.54) is 51.4 Å². The van der Waals surface area contributed by atoms with E-state index in [2.05, 4.69) is 26.8 Å². The van der Waals surface area contributed by atoms with E-state index >= 15 is 0 Å². The van der Waals surface area contributed by atoms with Crippen molar-refractivity contribution >= 4 is 5.97 Å². The van der Waals surface area contributed by atoms with Gasteiger partial charge in [-0.25, -0.2) is 4.79 Å². The van der Waals surface area contributed by atoms with Gasteiger partial charge in [-0.2, -0.15) is 5.26 Å². The van der Waals surface area contributed by atoms with E-state index in [9.17, 15) is 10.1 Å². The van der Waals surface area contributed by atoms with Gasteiger partial charge in [-0.3, -0.25) is 0 Å². The molecule has 4 nitrogen and oxygen atoms in total. The lowest BCUT2D eigenvalue weighted by atomic mass is 9.85. The molecule has 0 amide bonds. The summed E-state index contributed by atoms with van der Waals surface area (Å²) in [6.45, 7) is 7.35. The van der Waals surface area contributed by atoms with Crippen LogP contribution in [0.15, 0.2) is 72.8 Å². The van der Waals surface area contributed by atoms with Crippen LogP contribution in [0.1, 0.15) is 113 Å². The minimum atomic E-state index is -0.399. The third-order valence-corrected chi connectivity index (χ3v) is 7.75. The van der Waals surface area contributed by atoms with Gasteiger partial charge >= 0.3 is 5.97 Å². The molecule has 41 heavy (non-hydrogen) atoms. The van der Waals surface area contributed by atoms with Crippen molar-refractivity contribution in [2.24, 2.45) is 5.92 Å². The fraction of sp³-hybridized carbons (Fsp3) is 0.459. The summed E-state index contributed by atoms with van der Waals surface area (Å²) in [5, 5.41) is 9.77. The van der Waals surface area contributed by atoms with Gasteiger partial charge in [0.15, 0.2) is 0 Å². The van der Waals surface area contributed by atoms with E-state index in [4.69, 9.17) is 9.47 Å². The predicted molar refractivity (Wildman–Crippen MR) is 168 cm³/mol. The molecule has 0 saturated heterocycles. The van der Waals surface area contributed by atoms with Crippen molar-refractivity contribution in [3.63, 3.8) is 0 Å². The van der Waals surface area contributed by atoms with Gasteiger partial charge < -0.3 is 9.47 Å². The number of nitriles is 1. The molecule has 0 heterocycles. The molecule has 0 aliphatic heterocycles. The number of esters is 1. The number of carbonyl (C=O) groups excluding carboxylic acids is 1. The summed E-state index contributed by atoms with van der Waals surface area (Å²) < 4.78 is 11.5. The first-order valence-electron chi connectivity index (χ1n) is 15.6. The van der Waals surface area contributed by atoms with Gasteiger partial charge in [-0.05, 0) is 71.8 Å². The van der Waals surface area contributed by atoms with E-state index in [1.807, 2.05) is 48.5 Å². The van der Waals surface area contributed by atoms with Gasteiger partial charge in [0.2, 0.25) is 0 Å². The highest BCUT2D eigenvalue weighted by molar-refractivity contribution is 5.91. The van der Waals surface area contributed by atoms with Gasteiger partial charge in [0.05, 0.1) is 24.2 Å². The van der Waals surface area contributed by atoms with Crippen molar-refractivity contribution in [3.8, 4) is 28.7 Å². The molecule has 4 heteroatoms. The van der Waals surface area contributed by atoms with Crippen molar-refractivity contribution in [2.75, 3.05) is 6.61 Å². The summed E-state index contributed by atoms with van der Waals surface area (Å²) in [7, 11) is 0. The maximum absolute atomic E-state index is 12.8. The zero-order valence-electron chi connectivity index (χ0n) is 25.2. The van der Waals surface area contributed by atoms with Crippen LogP contribution in [0.4, 0.5) is 0 Å². The van der Waals surface area contributed by atoms with Gasteiger partial charge in [-0.15, -0.1) is 0 Å². The summed E-state index contributed by atoms with van der Waals surface area (Å²) in [6.07, 6.45) is 13.4. The Bertz CT molecular complexity index is 1190. The zero-order valence-corrected chi connectivity index (χ0v) is 25.2. The Morgan fingerprint density at radius 3 is 1.85 bits per heavy atom. The lowest BCUT2D eigenvalue weighted by molar-refractivity contribution is 0.0734. The van der Waals surface area contributed by atoms with E-state index in [0.29, 0.717) is 11.3 Å². The molecule has 0 aliphatic rings. The summed E-state index contributed by atoms with van der Waals surface area (Å²) in [5.41, 5.74) is 3.56. The fourth-order valence-corrected chi connectivity index (χ4v) is 5.11. The molecule has 0 saturated carbocycles. The molecule has 0 aromatic heterocycles. The number of unbranched alkanes of at least 4 members (excludes halogenated alkanes) is 8. The third-order valence-electron chi connectivity index (χ3n) is 7.75. The third kappa shape index (κ3) is 10.7. The van der Waals surface area contributed by atoms with Crippen LogP contribution in [0.3, 0.4) is 0 Å². The molecule has 3 aromatic carbocycles. The number of carbonyl (C=O) groups is 1. The average Bonchev–Trinajstić information content (AvgIpc) is 3.00. The van der Waals surface area contributed by atoms with Crippen molar-refractivity contribution in [3.05, 3.63) is 83.9 Å². The highest BCUT2D eigenvalue weighted by Gasteiger charge is 2.19. The molecular weight excluding hydrogens is 506 g/mol. The Balaban J connectivity index is 1.48. The zero-order chi connectivity index (χ0) is 29.3. The highest BCUT2D eigenvalue weighted by atomic mass is 16.5. The Labute approximate surface area is 247 Å². The quantitative estimate of drug-likeness (QED) is 0.0893. The molecular formula is C37H47NO3. The summed E-state index contributed by atoms with van der Waals surface area (Å²) >= 11 is 0. The van der Waals surface area contributed by atoms with Crippen LogP contribution in [0.25, 0.3) is 11.1 Å². The molecule has 0 N–H and O–H groups in total. The first kappa shape index (κ1) is 31.9. The first-order chi connectivity index (χ1) is 20.0. The molecule has 3 aromatic rings. The number of nitrogens with zero attached hydrogens (tertiary/aromatic N) is 1. The summed E-state index contributed by atoms with van der Waals surface area (Å²) in [4.78, 5) is 12.8. The van der Waals surface area contributed by atoms with Gasteiger partial charge in [0, 0.05) is 0 Å². The second kappa shape index (κ2) is 18.0. The average molecular weight is 554 g/mol. The van der Waals surface area contributed by atoms with Gasteiger partial charge in [0.1, 0.15) is 11.5 Å². The lowest BCUT2D eigenvalue weighted by Gasteiger charge is -2.18. The molecule has 0 aliphatic carbocycles. The maximum Gasteiger partial charge on any atom is 0.343 e. The maximum atomic E-state index is 12.8. The Hall–Kier alpha value is -3.58. The molecule has 2 atom stereocenters. The van der Waals surface area contributed by atoms with Crippen molar-refractivity contribution < 1.29 is 14.3 Å². The van der Waals surface area contributed by atoms with Crippen molar-refractivity contribution in [1.82, 2.24) is 0 Å². The van der Waals surface area contributed by atoms with Gasteiger partial charge in [0.25, 0.3) is 0 Å². The second-order valence-corrected chi connectivity index (χ2v) is 11.1. The molecule has 0 fully saturated rings. The van der Waals surface area contributed by atoms with Crippen LogP contribution in [0.2, 0.25) is 0 Å². The topological polar surface area (TPSA) is 59.3 Å². The summed E-state index contributed by atoms with van der Waals surface area (Å²) in [6, 6.07) is 25.4. The van der Waals surface area contributed by atoms with E-state index in [1.54, 1.807) is 24.3 Å². The number of ether oxygens (including phenoxy) is 2. The number of benzene rings is 3. The second-order valence-electron chi connectivity index (χ2n) is 11.1. The SMILES string of the molecule is CCCCCCCCOc1ccc(-c2ccc(C(=O)Oc3ccc(C(C#N)C(C)CCCCCC)cc3)cc2)cc1. The Morgan fingerprint density at radius 1 is 0.707 bits per heavy atom. The molecule has 3 rings (SSSR count). The largest absolute Gasteiger partial charge is 0.494 e. The van der Waals surface area contributed by atoms with Crippen LogP contribution >= 0.6 is 0 Å². The van der Waals surface area contributed by atoms with E-state index < -0.39 is 5.97 Å².